The fraction of sp³-hybridized carbons (Fsp3) is 0.368. The van der Waals surface area contributed by atoms with Crippen molar-refractivity contribution in [2.75, 3.05) is 6.54 Å². The van der Waals surface area contributed by atoms with Gasteiger partial charge >= 0.3 is 0 Å². The van der Waals surface area contributed by atoms with Gasteiger partial charge in [0.15, 0.2) is 0 Å². The van der Waals surface area contributed by atoms with Crippen LogP contribution in [0.3, 0.4) is 0 Å². The molecule has 0 saturated heterocycles. The first-order valence-corrected chi connectivity index (χ1v) is 8.09. The molecule has 1 heterocycles. The van der Waals surface area contributed by atoms with Crippen LogP contribution in [0.25, 0.3) is 0 Å². The van der Waals surface area contributed by atoms with Gasteiger partial charge in [-0.05, 0) is 31.5 Å². The van der Waals surface area contributed by atoms with E-state index in [-0.39, 0.29) is 5.91 Å². The normalized spacial score (nSPS) is 11.0. The fourth-order valence-electron chi connectivity index (χ4n) is 2.36. The summed E-state index contributed by atoms with van der Waals surface area (Å²) in [5.41, 5.74) is 2.15. The minimum absolute atomic E-state index is 0.0642. The molecule has 1 aromatic heterocycles. The first kappa shape index (κ1) is 17.2. The third-order valence-corrected chi connectivity index (χ3v) is 3.78. The highest BCUT2D eigenvalue weighted by molar-refractivity contribution is 5.76. The van der Waals surface area contributed by atoms with Gasteiger partial charge in [0, 0.05) is 31.7 Å². The van der Waals surface area contributed by atoms with E-state index in [1.807, 2.05) is 36.4 Å². The van der Waals surface area contributed by atoms with Gasteiger partial charge in [0.25, 0.3) is 0 Å². The number of hydrogen-bond donors (Lipinski definition) is 1. The first-order chi connectivity index (χ1) is 11.1. The summed E-state index contributed by atoms with van der Waals surface area (Å²) in [7, 11) is 0. The number of nitrogens with one attached hydrogen (secondary N) is 1. The van der Waals surface area contributed by atoms with Crippen LogP contribution in [0.2, 0.25) is 0 Å². The summed E-state index contributed by atoms with van der Waals surface area (Å²) in [6.07, 6.45) is 2.24. The van der Waals surface area contributed by atoms with E-state index in [2.05, 4.69) is 41.2 Å². The van der Waals surface area contributed by atoms with Crippen molar-refractivity contribution < 1.29 is 4.79 Å². The Hall–Kier alpha value is -2.20. The highest BCUT2D eigenvalue weighted by Gasteiger charge is 2.12. The van der Waals surface area contributed by atoms with Crippen molar-refractivity contribution in [1.82, 2.24) is 15.2 Å². The lowest BCUT2D eigenvalue weighted by Crippen LogP contribution is -2.34. The molecule has 4 heteroatoms. The van der Waals surface area contributed by atoms with Gasteiger partial charge in [-0.3, -0.25) is 14.7 Å². The Labute approximate surface area is 138 Å². The lowest BCUT2D eigenvalue weighted by molar-refractivity contribution is -0.121. The van der Waals surface area contributed by atoms with Crippen LogP contribution in [-0.4, -0.2) is 28.4 Å². The molecule has 122 valence electrons. The zero-order valence-corrected chi connectivity index (χ0v) is 13.9. The van der Waals surface area contributed by atoms with Crippen LogP contribution in [0.1, 0.15) is 31.5 Å². The van der Waals surface area contributed by atoms with Crippen LogP contribution in [0.5, 0.6) is 0 Å². The van der Waals surface area contributed by atoms with Gasteiger partial charge in [0.05, 0.1) is 12.2 Å². The highest BCUT2D eigenvalue weighted by atomic mass is 16.1. The second-order valence-electron chi connectivity index (χ2n) is 5.90. The van der Waals surface area contributed by atoms with Gasteiger partial charge in [0.2, 0.25) is 5.91 Å². The van der Waals surface area contributed by atoms with Gasteiger partial charge in [-0.1, -0.05) is 36.4 Å². The molecule has 0 bridgehead atoms. The molecule has 2 rings (SSSR count). The van der Waals surface area contributed by atoms with Crippen LogP contribution in [0.15, 0.2) is 54.7 Å². The fourth-order valence-corrected chi connectivity index (χ4v) is 2.36. The SMILES string of the molecule is CC(C)N(CCC(=O)NCc1ccccn1)Cc1ccccc1. The Morgan fingerprint density at radius 2 is 1.87 bits per heavy atom. The molecular weight excluding hydrogens is 286 g/mol. The lowest BCUT2D eigenvalue weighted by atomic mass is 10.2. The third-order valence-electron chi connectivity index (χ3n) is 3.78. The number of benzene rings is 1. The van der Waals surface area contributed by atoms with Gasteiger partial charge < -0.3 is 5.32 Å². The van der Waals surface area contributed by atoms with Crippen molar-refractivity contribution in [3.8, 4) is 0 Å². The van der Waals surface area contributed by atoms with Crippen molar-refractivity contribution in [1.29, 1.82) is 0 Å². The Morgan fingerprint density at radius 1 is 1.13 bits per heavy atom. The predicted octanol–water partition coefficient (Wildman–Crippen LogP) is 3.00. The van der Waals surface area contributed by atoms with E-state index in [4.69, 9.17) is 0 Å². The predicted molar refractivity (Wildman–Crippen MR) is 92.7 cm³/mol. The number of amides is 1. The minimum atomic E-state index is 0.0642. The molecule has 2 aromatic rings. The van der Waals surface area contributed by atoms with E-state index in [0.717, 1.165) is 18.8 Å². The van der Waals surface area contributed by atoms with Crippen molar-refractivity contribution in [3.05, 3.63) is 66.0 Å². The second-order valence-corrected chi connectivity index (χ2v) is 5.90. The molecule has 0 aliphatic carbocycles. The summed E-state index contributed by atoms with van der Waals surface area (Å²) in [5, 5.41) is 2.93. The van der Waals surface area contributed by atoms with Crippen LogP contribution in [0, 0.1) is 0 Å². The zero-order valence-electron chi connectivity index (χ0n) is 13.9. The van der Waals surface area contributed by atoms with E-state index in [9.17, 15) is 4.79 Å². The van der Waals surface area contributed by atoms with Crippen molar-refractivity contribution in [2.24, 2.45) is 0 Å². The average Bonchev–Trinajstić information content (AvgIpc) is 2.58. The number of aromatic nitrogens is 1. The van der Waals surface area contributed by atoms with Crippen molar-refractivity contribution >= 4 is 5.91 Å². The molecule has 0 spiro atoms. The lowest BCUT2D eigenvalue weighted by Gasteiger charge is -2.26. The molecule has 0 saturated carbocycles. The van der Waals surface area contributed by atoms with Crippen LogP contribution in [-0.2, 0) is 17.9 Å². The standard InChI is InChI=1S/C19H25N3O/c1-16(2)22(15-17-8-4-3-5-9-17)13-11-19(23)21-14-18-10-6-7-12-20-18/h3-10,12,16H,11,13-15H2,1-2H3,(H,21,23). The van der Waals surface area contributed by atoms with E-state index in [1.165, 1.54) is 5.56 Å². The Bertz CT molecular complexity index is 584. The summed E-state index contributed by atoms with van der Waals surface area (Å²) in [4.78, 5) is 18.6. The Morgan fingerprint density at radius 3 is 2.52 bits per heavy atom. The van der Waals surface area contributed by atoms with Gasteiger partial charge in [0.1, 0.15) is 0 Å². The van der Waals surface area contributed by atoms with Crippen LogP contribution >= 0.6 is 0 Å². The molecule has 23 heavy (non-hydrogen) atoms. The molecule has 1 amide bonds. The number of hydrogen-bond acceptors (Lipinski definition) is 3. The average molecular weight is 311 g/mol. The number of rotatable bonds is 8. The van der Waals surface area contributed by atoms with Crippen molar-refractivity contribution in [3.63, 3.8) is 0 Å². The summed E-state index contributed by atoms with van der Waals surface area (Å²) in [6, 6.07) is 16.5. The van der Waals surface area contributed by atoms with Gasteiger partial charge in [-0.25, -0.2) is 0 Å². The second kappa shape index (κ2) is 9.06. The summed E-state index contributed by atoms with van der Waals surface area (Å²) in [6.45, 7) is 6.43. The molecular formula is C19H25N3O. The maximum atomic E-state index is 12.0. The number of carbonyl (C=O) groups excluding carboxylic acids is 1. The molecule has 0 atom stereocenters. The topological polar surface area (TPSA) is 45.2 Å². The Balaban J connectivity index is 1.78. The molecule has 0 radical (unpaired) electrons. The van der Waals surface area contributed by atoms with E-state index >= 15 is 0 Å². The summed E-state index contributed by atoms with van der Waals surface area (Å²) in [5.74, 6) is 0.0642. The van der Waals surface area contributed by atoms with Crippen LogP contribution < -0.4 is 5.32 Å². The molecule has 0 aliphatic heterocycles. The number of pyridine rings is 1. The van der Waals surface area contributed by atoms with E-state index in [0.29, 0.717) is 19.0 Å². The van der Waals surface area contributed by atoms with E-state index in [1.54, 1.807) is 6.20 Å². The molecule has 1 N–H and O–H groups in total. The smallest absolute Gasteiger partial charge is 0.221 e. The number of nitrogens with zero attached hydrogens (tertiary/aromatic N) is 2. The van der Waals surface area contributed by atoms with Crippen LogP contribution in [0.4, 0.5) is 0 Å². The molecule has 0 fully saturated rings. The summed E-state index contributed by atoms with van der Waals surface area (Å²) >= 11 is 0. The van der Waals surface area contributed by atoms with Crippen molar-refractivity contribution in [2.45, 2.75) is 39.4 Å². The largest absolute Gasteiger partial charge is 0.350 e. The zero-order chi connectivity index (χ0) is 16.5. The van der Waals surface area contributed by atoms with E-state index < -0.39 is 0 Å². The van der Waals surface area contributed by atoms with Gasteiger partial charge in [-0.2, -0.15) is 0 Å². The minimum Gasteiger partial charge on any atom is -0.350 e. The molecule has 0 unspecified atom stereocenters. The third kappa shape index (κ3) is 6.20. The Kier molecular flexibility index (Phi) is 6.76. The monoisotopic (exact) mass is 311 g/mol. The molecule has 4 nitrogen and oxygen atoms in total. The molecule has 0 aliphatic rings. The maximum absolute atomic E-state index is 12.0. The highest BCUT2D eigenvalue weighted by Crippen LogP contribution is 2.08. The number of carbonyl (C=O) groups is 1. The summed E-state index contributed by atoms with van der Waals surface area (Å²) < 4.78 is 0. The van der Waals surface area contributed by atoms with Gasteiger partial charge in [-0.15, -0.1) is 0 Å². The maximum Gasteiger partial charge on any atom is 0.221 e. The first-order valence-electron chi connectivity index (χ1n) is 8.09. The quantitative estimate of drug-likeness (QED) is 0.815. The molecule has 1 aromatic carbocycles.